The number of aryl methyl sites for hydroxylation is 1. The zero-order chi connectivity index (χ0) is 19.1. The second kappa shape index (κ2) is 6.14. The average molecular weight is 364 g/mol. The SMILES string of the molecule is Cc1ccc(C2=NN(C(=O)c3cccc(O)c3)[C@](O)(C(F)(F)F)C2)cc1. The summed E-state index contributed by atoms with van der Waals surface area (Å²) in [5, 5.41) is 23.5. The van der Waals surface area contributed by atoms with Crippen LogP contribution in [0, 0.1) is 6.92 Å². The fraction of sp³-hybridized carbons (Fsp3) is 0.222. The summed E-state index contributed by atoms with van der Waals surface area (Å²) in [6, 6.07) is 11.4. The number of amides is 1. The molecule has 26 heavy (non-hydrogen) atoms. The van der Waals surface area contributed by atoms with E-state index in [1.54, 1.807) is 24.3 Å². The lowest BCUT2D eigenvalue weighted by molar-refractivity contribution is -0.297. The molecule has 0 unspecified atom stereocenters. The van der Waals surface area contributed by atoms with Crippen LogP contribution in [-0.2, 0) is 0 Å². The molecule has 136 valence electrons. The Bertz CT molecular complexity index is 878. The number of hydrogen-bond donors (Lipinski definition) is 2. The van der Waals surface area contributed by atoms with Crippen molar-refractivity contribution in [3.05, 3.63) is 65.2 Å². The minimum absolute atomic E-state index is 0.0387. The zero-order valence-corrected chi connectivity index (χ0v) is 13.7. The third-order valence-electron chi connectivity index (χ3n) is 4.11. The van der Waals surface area contributed by atoms with E-state index in [0.29, 0.717) is 5.56 Å². The lowest BCUT2D eigenvalue weighted by Gasteiger charge is -2.32. The number of carbonyl (C=O) groups excluding carboxylic acids is 1. The van der Waals surface area contributed by atoms with Gasteiger partial charge >= 0.3 is 6.18 Å². The molecule has 0 bridgehead atoms. The highest BCUT2D eigenvalue weighted by atomic mass is 19.4. The number of rotatable bonds is 2. The van der Waals surface area contributed by atoms with Crippen LogP contribution in [-0.4, -0.2) is 38.7 Å². The molecule has 1 heterocycles. The van der Waals surface area contributed by atoms with Gasteiger partial charge in [-0.05, 0) is 30.7 Å². The molecule has 5 nitrogen and oxygen atoms in total. The van der Waals surface area contributed by atoms with E-state index in [9.17, 15) is 28.2 Å². The molecule has 2 aromatic rings. The number of halogens is 3. The zero-order valence-electron chi connectivity index (χ0n) is 13.7. The molecule has 1 amide bonds. The Balaban J connectivity index is 2.05. The summed E-state index contributed by atoms with van der Waals surface area (Å²) in [5.74, 6) is -1.45. The third-order valence-corrected chi connectivity index (χ3v) is 4.11. The number of aliphatic hydroxyl groups is 1. The molecule has 1 atom stereocenters. The fourth-order valence-electron chi connectivity index (χ4n) is 2.65. The van der Waals surface area contributed by atoms with Crippen LogP contribution in [0.5, 0.6) is 5.75 Å². The van der Waals surface area contributed by atoms with Crippen molar-refractivity contribution < 1.29 is 28.2 Å². The van der Waals surface area contributed by atoms with Gasteiger partial charge < -0.3 is 10.2 Å². The Morgan fingerprint density at radius 2 is 1.85 bits per heavy atom. The Hall–Kier alpha value is -2.87. The van der Waals surface area contributed by atoms with Crippen molar-refractivity contribution >= 4 is 11.6 Å². The largest absolute Gasteiger partial charge is 0.508 e. The number of hydrazone groups is 1. The van der Waals surface area contributed by atoms with E-state index in [0.717, 1.165) is 11.6 Å². The second-order valence-corrected chi connectivity index (χ2v) is 6.07. The molecule has 1 aliphatic rings. The normalized spacial score (nSPS) is 20.2. The van der Waals surface area contributed by atoms with Gasteiger partial charge in [-0.1, -0.05) is 35.9 Å². The molecule has 0 saturated carbocycles. The minimum Gasteiger partial charge on any atom is -0.508 e. The monoisotopic (exact) mass is 364 g/mol. The van der Waals surface area contributed by atoms with Gasteiger partial charge in [0.2, 0.25) is 0 Å². The Morgan fingerprint density at radius 3 is 2.42 bits per heavy atom. The first-order valence-electron chi connectivity index (χ1n) is 7.69. The van der Waals surface area contributed by atoms with Gasteiger partial charge in [-0.15, -0.1) is 0 Å². The standard InChI is InChI=1S/C18H15F3N2O3/c1-11-5-7-12(8-6-11)15-10-17(26,18(19,20)21)23(22-15)16(25)13-3-2-4-14(24)9-13/h2-9,24,26H,10H2,1H3/t17-/m1/s1. The summed E-state index contributed by atoms with van der Waals surface area (Å²) in [4.78, 5) is 12.5. The van der Waals surface area contributed by atoms with Crippen LogP contribution in [0.25, 0.3) is 0 Å². The van der Waals surface area contributed by atoms with Crippen molar-refractivity contribution in [2.24, 2.45) is 5.10 Å². The predicted molar refractivity (Wildman–Crippen MR) is 87.6 cm³/mol. The minimum atomic E-state index is -5.12. The number of phenolic OH excluding ortho intramolecular Hbond substituents is 1. The Kier molecular flexibility index (Phi) is 4.23. The molecule has 1 aliphatic heterocycles. The van der Waals surface area contributed by atoms with E-state index in [1.807, 2.05) is 6.92 Å². The lowest BCUT2D eigenvalue weighted by Crippen LogP contribution is -2.56. The van der Waals surface area contributed by atoms with Crippen molar-refractivity contribution in [3.63, 3.8) is 0 Å². The van der Waals surface area contributed by atoms with E-state index >= 15 is 0 Å². The first-order chi connectivity index (χ1) is 12.1. The van der Waals surface area contributed by atoms with Gasteiger partial charge in [0, 0.05) is 5.56 Å². The van der Waals surface area contributed by atoms with E-state index < -0.39 is 24.2 Å². The van der Waals surface area contributed by atoms with Crippen LogP contribution in [0.2, 0.25) is 0 Å². The second-order valence-electron chi connectivity index (χ2n) is 6.07. The summed E-state index contributed by atoms with van der Waals surface area (Å²) in [7, 11) is 0. The molecule has 2 N–H and O–H groups in total. The third kappa shape index (κ3) is 3.03. The van der Waals surface area contributed by atoms with Crippen molar-refractivity contribution in [2.45, 2.75) is 25.2 Å². The maximum Gasteiger partial charge on any atom is 0.438 e. The highest BCUT2D eigenvalue weighted by Gasteiger charge is 2.63. The van der Waals surface area contributed by atoms with Gasteiger partial charge in [0.15, 0.2) is 0 Å². The topological polar surface area (TPSA) is 73.1 Å². The van der Waals surface area contributed by atoms with Crippen LogP contribution >= 0.6 is 0 Å². The summed E-state index contributed by atoms with van der Waals surface area (Å²) in [6.45, 7) is 1.82. The number of benzene rings is 2. The fourth-order valence-corrected chi connectivity index (χ4v) is 2.65. The Labute approximate surface area is 147 Å². The van der Waals surface area contributed by atoms with E-state index in [2.05, 4.69) is 5.10 Å². The summed E-state index contributed by atoms with van der Waals surface area (Å²) in [6.07, 6.45) is -6.00. The molecule has 2 aromatic carbocycles. The van der Waals surface area contributed by atoms with Crippen molar-refractivity contribution in [1.29, 1.82) is 0 Å². The van der Waals surface area contributed by atoms with Crippen LogP contribution in [0.1, 0.15) is 27.9 Å². The number of hydrogen-bond acceptors (Lipinski definition) is 4. The Morgan fingerprint density at radius 1 is 1.19 bits per heavy atom. The lowest BCUT2D eigenvalue weighted by atomic mass is 10.00. The van der Waals surface area contributed by atoms with Gasteiger partial charge in [-0.2, -0.15) is 23.3 Å². The van der Waals surface area contributed by atoms with Gasteiger partial charge in [0.05, 0.1) is 12.1 Å². The predicted octanol–water partition coefficient (Wildman–Crippen LogP) is 3.20. The highest BCUT2D eigenvalue weighted by Crippen LogP contribution is 2.42. The molecule has 3 rings (SSSR count). The molecule has 8 heteroatoms. The molecule has 0 radical (unpaired) electrons. The van der Waals surface area contributed by atoms with E-state index in [4.69, 9.17) is 0 Å². The van der Waals surface area contributed by atoms with Crippen LogP contribution in [0.15, 0.2) is 53.6 Å². The van der Waals surface area contributed by atoms with Gasteiger partial charge in [0.25, 0.3) is 11.6 Å². The number of phenols is 1. The number of nitrogens with zero attached hydrogens (tertiary/aromatic N) is 2. The number of carbonyl (C=O) groups is 1. The van der Waals surface area contributed by atoms with Gasteiger partial charge in [0.1, 0.15) is 5.75 Å². The first-order valence-corrected chi connectivity index (χ1v) is 7.69. The van der Waals surface area contributed by atoms with Crippen LogP contribution < -0.4 is 0 Å². The average Bonchev–Trinajstić information content (AvgIpc) is 2.94. The molecule has 0 spiro atoms. The summed E-state index contributed by atoms with van der Waals surface area (Å²) in [5.41, 5.74) is -2.45. The molecule has 0 saturated heterocycles. The summed E-state index contributed by atoms with van der Waals surface area (Å²) >= 11 is 0. The molecular weight excluding hydrogens is 349 g/mol. The van der Waals surface area contributed by atoms with Crippen molar-refractivity contribution in [1.82, 2.24) is 5.01 Å². The molecular formula is C18H15F3N2O3. The molecule has 0 fully saturated rings. The van der Waals surface area contributed by atoms with Gasteiger partial charge in [-0.25, -0.2) is 0 Å². The smallest absolute Gasteiger partial charge is 0.438 e. The van der Waals surface area contributed by atoms with Crippen LogP contribution in [0.4, 0.5) is 13.2 Å². The maximum absolute atomic E-state index is 13.5. The van der Waals surface area contributed by atoms with Gasteiger partial charge in [-0.3, -0.25) is 4.79 Å². The molecule has 0 aliphatic carbocycles. The number of aromatic hydroxyl groups is 1. The highest BCUT2D eigenvalue weighted by molar-refractivity contribution is 6.05. The molecule has 0 aromatic heterocycles. The van der Waals surface area contributed by atoms with Crippen molar-refractivity contribution in [2.75, 3.05) is 0 Å². The van der Waals surface area contributed by atoms with Crippen LogP contribution in [0.3, 0.4) is 0 Å². The number of alkyl halides is 3. The van der Waals surface area contributed by atoms with Crippen molar-refractivity contribution in [3.8, 4) is 5.75 Å². The maximum atomic E-state index is 13.5. The first kappa shape index (κ1) is 17.9. The van der Waals surface area contributed by atoms with E-state index in [-0.39, 0.29) is 22.0 Å². The quantitative estimate of drug-likeness (QED) is 0.860. The van der Waals surface area contributed by atoms with E-state index in [1.165, 1.54) is 18.2 Å². The summed E-state index contributed by atoms with van der Waals surface area (Å²) < 4.78 is 40.6.